The molecule has 5 rings (SSSR count). The Balaban J connectivity index is 1.56. The normalized spacial score (nSPS) is 17.8. The van der Waals surface area contributed by atoms with Gasteiger partial charge in [-0.3, -0.25) is 9.59 Å². The van der Waals surface area contributed by atoms with E-state index in [1.54, 1.807) is 50.4 Å². The molecule has 178 valence electrons. The van der Waals surface area contributed by atoms with Crippen molar-refractivity contribution < 1.29 is 23.5 Å². The topological polar surface area (TPSA) is 94.8 Å². The molecule has 3 aromatic rings. The highest BCUT2D eigenvalue weighted by molar-refractivity contribution is 6.04. The zero-order chi connectivity index (χ0) is 24.5. The van der Waals surface area contributed by atoms with Crippen LogP contribution in [0.25, 0.3) is 11.0 Å². The quantitative estimate of drug-likeness (QED) is 0.547. The molecule has 1 N–H and O–H groups in total. The predicted molar refractivity (Wildman–Crippen MR) is 130 cm³/mol. The van der Waals surface area contributed by atoms with Crippen LogP contribution in [-0.4, -0.2) is 18.9 Å². The van der Waals surface area contributed by atoms with Gasteiger partial charge in [-0.05, 0) is 49.6 Å². The fourth-order valence-corrected chi connectivity index (χ4v) is 4.81. The monoisotopic (exact) mass is 471 g/mol. The Morgan fingerprint density at radius 2 is 1.86 bits per heavy atom. The average molecular weight is 472 g/mol. The summed E-state index contributed by atoms with van der Waals surface area (Å²) in [7, 11) is 1.58. The number of ketones is 1. The van der Waals surface area contributed by atoms with Crippen LogP contribution in [0.1, 0.15) is 43.2 Å². The molecule has 1 aliphatic carbocycles. The minimum absolute atomic E-state index is 0.0402. The number of dihydropyridines is 1. The molecule has 0 bridgehead atoms. The lowest BCUT2D eigenvalue weighted by molar-refractivity contribution is -0.140. The fourth-order valence-electron chi connectivity index (χ4n) is 4.81. The molecule has 0 amide bonds. The number of methoxy groups -OCH3 is 1. The molecule has 0 saturated carbocycles. The van der Waals surface area contributed by atoms with Crippen LogP contribution < -0.4 is 15.5 Å². The number of hydrogen-bond acceptors (Lipinski definition) is 7. The lowest BCUT2D eigenvalue weighted by atomic mass is 9.75. The highest BCUT2D eigenvalue weighted by atomic mass is 16.5. The first-order valence-electron chi connectivity index (χ1n) is 11.5. The van der Waals surface area contributed by atoms with E-state index in [9.17, 15) is 14.4 Å². The SMILES string of the molecule is COc1ccc(COC(=O)C2=C(C)NC3=C(C(=O)CCC3)[C@H]2c2coc3ccccc3c2=O)cc1. The summed E-state index contributed by atoms with van der Waals surface area (Å²) in [6.07, 6.45) is 3.12. The van der Waals surface area contributed by atoms with E-state index in [1.165, 1.54) is 6.26 Å². The number of nitrogens with one attached hydrogen (secondary N) is 1. The van der Waals surface area contributed by atoms with Crippen LogP contribution >= 0.6 is 0 Å². The predicted octanol–water partition coefficient (Wildman–Crippen LogP) is 4.51. The van der Waals surface area contributed by atoms with Crippen LogP contribution in [0.2, 0.25) is 0 Å². The summed E-state index contributed by atoms with van der Waals surface area (Å²) < 4.78 is 16.6. The molecule has 1 atom stereocenters. The molecule has 35 heavy (non-hydrogen) atoms. The van der Waals surface area contributed by atoms with Gasteiger partial charge < -0.3 is 19.2 Å². The Kier molecular flexibility index (Phi) is 5.99. The summed E-state index contributed by atoms with van der Waals surface area (Å²) in [4.78, 5) is 40.0. The van der Waals surface area contributed by atoms with E-state index in [1.807, 2.05) is 12.1 Å². The third-order valence-corrected chi connectivity index (χ3v) is 6.54. The molecule has 0 radical (unpaired) electrons. The Morgan fingerprint density at radius 3 is 2.63 bits per heavy atom. The van der Waals surface area contributed by atoms with Gasteiger partial charge in [-0.1, -0.05) is 24.3 Å². The molecule has 0 spiro atoms. The Hall–Kier alpha value is -4.13. The molecule has 2 heterocycles. The Labute approximate surface area is 202 Å². The van der Waals surface area contributed by atoms with Crippen molar-refractivity contribution in [1.29, 1.82) is 0 Å². The number of benzene rings is 2. The van der Waals surface area contributed by atoms with Crippen LogP contribution in [0.4, 0.5) is 0 Å². The largest absolute Gasteiger partial charge is 0.497 e. The number of carbonyl (C=O) groups excluding carboxylic acids is 2. The molecule has 2 aliphatic rings. The van der Waals surface area contributed by atoms with Crippen molar-refractivity contribution in [2.45, 2.75) is 38.7 Å². The van der Waals surface area contributed by atoms with Gasteiger partial charge in [0.15, 0.2) is 11.2 Å². The van der Waals surface area contributed by atoms with Crippen LogP contribution in [0.15, 0.2) is 86.5 Å². The van der Waals surface area contributed by atoms with Crippen molar-refractivity contribution in [3.63, 3.8) is 0 Å². The third kappa shape index (κ3) is 4.14. The first kappa shape index (κ1) is 22.7. The maximum atomic E-state index is 13.5. The Bertz CT molecular complexity index is 1440. The zero-order valence-electron chi connectivity index (χ0n) is 19.6. The van der Waals surface area contributed by atoms with E-state index in [-0.39, 0.29) is 29.0 Å². The number of esters is 1. The van der Waals surface area contributed by atoms with Crippen LogP contribution in [-0.2, 0) is 20.9 Å². The molecule has 0 saturated heterocycles. The van der Waals surface area contributed by atoms with Crippen LogP contribution in [0, 0.1) is 0 Å². The number of ether oxygens (including phenoxy) is 2. The number of hydrogen-bond donors (Lipinski definition) is 1. The van der Waals surface area contributed by atoms with Crippen molar-refractivity contribution in [3.05, 3.63) is 98.7 Å². The van der Waals surface area contributed by atoms with Crippen LogP contribution in [0.5, 0.6) is 5.75 Å². The van der Waals surface area contributed by atoms with Gasteiger partial charge in [-0.2, -0.15) is 0 Å². The zero-order valence-corrected chi connectivity index (χ0v) is 19.6. The standard InChI is InChI=1S/C28H25NO6/c1-16-24(28(32)35-14-17-10-12-18(33-2)13-11-17)25(26-21(29-16)7-5-8-22(26)30)20-15-34-23-9-4-3-6-19(23)27(20)31/h3-4,6,9-13,15,25,29H,5,7-8,14H2,1-2H3/t25-/m0/s1. The number of rotatable bonds is 5. The summed E-state index contributed by atoms with van der Waals surface area (Å²) in [5.41, 5.74) is 3.23. The van der Waals surface area contributed by atoms with Gasteiger partial charge in [0.1, 0.15) is 17.9 Å². The lowest BCUT2D eigenvalue weighted by Crippen LogP contribution is -2.36. The summed E-state index contributed by atoms with van der Waals surface area (Å²) >= 11 is 0. The highest BCUT2D eigenvalue weighted by Gasteiger charge is 2.40. The maximum Gasteiger partial charge on any atom is 0.337 e. The van der Waals surface area contributed by atoms with Crippen molar-refractivity contribution in [2.75, 3.05) is 7.11 Å². The van der Waals surface area contributed by atoms with E-state index in [4.69, 9.17) is 13.9 Å². The van der Waals surface area contributed by atoms with Crippen molar-refractivity contribution in [2.24, 2.45) is 0 Å². The summed E-state index contributed by atoms with van der Waals surface area (Å²) in [6.45, 7) is 1.81. The van der Waals surface area contributed by atoms with Gasteiger partial charge in [0.2, 0.25) is 0 Å². The van der Waals surface area contributed by atoms with E-state index >= 15 is 0 Å². The van der Waals surface area contributed by atoms with Gasteiger partial charge in [-0.15, -0.1) is 0 Å². The van der Waals surface area contributed by atoms with Crippen molar-refractivity contribution in [3.8, 4) is 5.75 Å². The first-order valence-corrected chi connectivity index (χ1v) is 11.5. The van der Waals surface area contributed by atoms with E-state index in [0.717, 1.165) is 11.3 Å². The van der Waals surface area contributed by atoms with E-state index < -0.39 is 11.9 Å². The van der Waals surface area contributed by atoms with E-state index in [2.05, 4.69) is 5.32 Å². The molecular formula is C28H25NO6. The Morgan fingerprint density at radius 1 is 1.09 bits per heavy atom. The minimum Gasteiger partial charge on any atom is -0.497 e. The molecular weight excluding hydrogens is 446 g/mol. The van der Waals surface area contributed by atoms with Gasteiger partial charge in [0, 0.05) is 29.0 Å². The smallest absolute Gasteiger partial charge is 0.337 e. The van der Waals surface area contributed by atoms with Gasteiger partial charge in [-0.25, -0.2) is 4.79 Å². The second-order valence-electron chi connectivity index (χ2n) is 8.71. The second kappa shape index (κ2) is 9.25. The summed E-state index contributed by atoms with van der Waals surface area (Å²) in [5, 5.41) is 3.64. The van der Waals surface area contributed by atoms with Crippen LogP contribution in [0.3, 0.4) is 0 Å². The first-order chi connectivity index (χ1) is 17.0. The molecule has 1 aliphatic heterocycles. The highest BCUT2D eigenvalue weighted by Crippen LogP contribution is 2.42. The lowest BCUT2D eigenvalue weighted by Gasteiger charge is -2.33. The van der Waals surface area contributed by atoms with Crippen molar-refractivity contribution >= 4 is 22.7 Å². The molecule has 0 unspecified atom stereocenters. The van der Waals surface area contributed by atoms with Gasteiger partial charge in [0.25, 0.3) is 0 Å². The number of allylic oxidation sites excluding steroid dienone is 3. The molecule has 7 heteroatoms. The average Bonchev–Trinajstić information content (AvgIpc) is 2.87. The minimum atomic E-state index is -0.858. The van der Waals surface area contributed by atoms with Crippen molar-refractivity contribution in [1.82, 2.24) is 5.32 Å². The molecule has 0 fully saturated rings. The van der Waals surface area contributed by atoms with Gasteiger partial charge in [0.05, 0.1) is 30.3 Å². The second-order valence-corrected chi connectivity index (χ2v) is 8.71. The number of carbonyl (C=O) groups is 2. The summed E-state index contributed by atoms with van der Waals surface area (Å²) in [6, 6.07) is 14.1. The third-order valence-electron chi connectivity index (χ3n) is 6.54. The number of fused-ring (bicyclic) bond motifs is 1. The van der Waals surface area contributed by atoms with E-state index in [0.29, 0.717) is 47.3 Å². The number of para-hydroxylation sites is 1. The fraction of sp³-hybridized carbons (Fsp3) is 0.250. The summed E-state index contributed by atoms with van der Waals surface area (Å²) in [5.74, 6) is -0.825. The molecule has 2 aromatic carbocycles. The maximum absolute atomic E-state index is 13.5. The van der Waals surface area contributed by atoms with Gasteiger partial charge >= 0.3 is 5.97 Å². The molecule has 7 nitrogen and oxygen atoms in total. The number of Topliss-reactive ketones (excluding diaryl/α,β-unsaturated/α-hetero) is 1. The molecule has 1 aromatic heterocycles.